The largest absolute Gasteiger partial charge is 0 e. The number of benzene rings is 6. The van der Waals surface area contributed by atoms with Crippen LogP contribution in [-0.2, 0) is 26.5 Å². The molecule has 10 rings (SSSR count). The van der Waals surface area contributed by atoms with Crippen LogP contribution in [0.2, 0.25) is 17.3 Å². The Morgan fingerprint density at radius 1 is 0.746 bits per heavy atom. The minimum atomic E-state index is -2.32. The van der Waals surface area contributed by atoms with Gasteiger partial charge in [-0.3, -0.25) is 4.98 Å². The van der Waals surface area contributed by atoms with Gasteiger partial charge in [-0.15, -0.1) is 18.2 Å². The first-order chi connectivity index (χ1) is 29.0. The fourth-order valence-corrected chi connectivity index (χ4v) is 11.7. The molecule has 4 heterocycles. The number of pyridine rings is 2. The Bertz CT molecular complexity index is 3160. The Hall–Kier alpha value is -5.24. The van der Waals surface area contributed by atoms with Crippen molar-refractivity contribution in [1.82, 2.24) is 19.5 Å². The van der Waals surface area contributed by atoms with Crippen LogP contribution in [0.4, 0.5) is 0 Å². The van der Waals surface area contributed by atoms with Crippen molar-refractivity contribution < 1.29 is 22.8 Å². The minimum absolute atomic E-state index is 0. The van der Waals surface area contributed by atoms with Gasteiger partial charge in [0.25, 0.3) is 0 Å². The summed E-state index contributed by atoms with van der Waals surface area (Å²) in [6.45, 7) is 4.01. The summed E-state index contributed by atoms with van der Waals surface area (Å²) >= 11 is -0.602. The summed E-state index contributed by atoms with van der Waals surface area (Å²) in [6, 6.07) is 58.1. The second-order valence-corrected chi connectivity index (χ2v) is 27.3. The molecule has 1 radical (unpaired) electrons. The summed E-state index contributed by atoms with van der Waals surface area (Å²) < 4.78 is 22.7. The fourth-order valence-electron chi connectivity index (χ4n) is 7.58. The molecule has 293 valence electrons. The smallest absolute Gasteiger partial charge is 0 e. The maximum Gasteiger partial charge on any atom is 0 e. The molecule has 59 heavy (non-hydrogen) atoms. The molecule has 1 atom stereocenters. The molecule has 6 aromatic carbocycles. The topological polar surface area (TPSA) is 43.6 Å². The monoisotopic (exact) mass is 1030 g/mol. The normalized spacial score (nSPS) is 12.8. The van der Waals surface area contributed by atoms with Crippen molar-refractivity contribution in [1.29, 1.82) is 0 Å². The van der Waals surface area contributed by atoms with Crippen molar-refractivity contribution >= 4 is 71.1 Å². The van der Waals surface area contributed by atoms with Gasteiger partial charge in [-0.2, -0.15) is 11.3 Å². The zero-order chi connectivity index (χ0) is 41.6. The van der Waals surface area contributed by atoms with Crippen LogP contribution in [0.25, 0.3) is 70.4 Å². The van der Waals surface area contributed by atoms with E-state index in [1.165, 1.54) is 26.2 Å². The average Bonchev–Trinajstić information content (AvgIpc) is 3.84. The molecule has 1 unspecified atom stereocenters. The van der Waals surface area contributed by atoms with Crippen LogP contribution in [0, 0.1) is 19.1 Å². The second kappa shape index (κ2) is 17.2. The molecular formula is C52H44GeIrN4S-2. The zero-order valence-corrected chi connectivity index (χ0v) is 38.9. The van der Waals surface area contributed by atoms with Crippen LogP contribution in [0.5, 0.6) is 0 Å². The number of aryl methyl sites for hydroxylation is 1. The van der Waals surface area contributed by atoms with Crippen molar-refractivity contribution in [3.63, 3.8) is 0 Å². The Balaban J connectivity index is 0.000000170. The minimum Gasteiger partial charge on any atom is 0 e. The zero-order valence-electron chi connectivity index (χ0n) is 35.6. The van der Waals surface area contributed by atoms with Gasteiger partial charge in [-0.05, 0) is 58.1 Å². The van der Waals surface area contributed by atoms with E-state index in [1.807, 2.05) is 92.8 Å². The van der Waals surface area contributed by atoms with E-state index >= 15 is 0 Å². The maximum absolute atomic E-state index is 9.05. The number of rotatable bonds is 7. The predicted molar refractivity (Wildman–Crippen MR) is 248 cm³/mol. The fraction of sp³-hybridized carbons (Fsp3) is 0.135. The van der Waals surface area contributed by atoms with Crippen LogP contribution in [0.1, 0.15) is 32.4 Å². The molecule has 4 aromatic heterocycles. The number of imidazole rings is 1. The molecule has 0 aliphatic heterocycles. The number of aromatic nitrogens is 4. The third kappa shape index (κ3) is 8.33. The van der Waals surface area contributed by atoms with Crippen LogP contribution in [0.3, 0.4) is 0 Å². The molecular weight excluding hydrogens is 977 g/mol. The van der Waals surface area contributed by atoms with E-state index < -0.39 is 19.6 Å². The van der Waals surface area contributed by atoms with Gasteiger partial charge in [0.05, 0.1) is 16.9 Å². The van der Waals surface area contributed by atoms with Crippen LogP contribution in [0.15, 0.2) is 158 Å². The van der Waals surface area contributed by atoms with Gasteiger partial charge in [0.2, 0.25) is 0 Å². The standard InChI is InChI=1S/C29H18N3S.C23H26GeN.Ir/c1-18-13-16-23-22-9-6-10-24(27(22)33-29(23)30-18)28-31-25-11-4-5-12-26(25)32(28)21-15-14-19-7-2-3-8-20(19)17-21;1-18(19-11-7-5-8-12-19)15-21-16-23(20-13-9-6-10-14-20)25-17-22(21)24(2,3)4;/h2-9,11-17H,1H3;5-13,16-18H,15H2,1-4H3;/q2*-1;/i;15D2;. The number of para-hydroxylation sites is 2. The van der Waals surface area contributed by atoms with Gasteiger partial charge in [0.1, 0.15) is 4.83 Å². The van der Waals surface area contributed by atoms with Crippen molar-refractivity contribution in [2.24, 2.45) is 0 Å². The number of thiophene rings is 1. The first kappa shape index (κ1) is 38.0. The maximum atomic E-state index is 9.05. The predicted octanol–water partition coefficient (Wildman–Crippen LogP) is 13.2. The Morgan fingerprint density at radius 2 is 1.51 bits per heavy atom. The molecule has 0 N–H and O–H groups in total. The van der Waals surface area contributed by atoms with Crippen molar-refractivity contribution in [3.8, 4) is 28.3 Å². The van der Waals surface area contributed by atoms with E-state index in [2.05, 4.69) is 118 Å². The quantitative estimate of drug-likeness (QED) is 0.118. The average molecular weight is 1020 g/mol. The number of fused-ring (bicyclic) bond motifs is 5. The van der Waals surface area contributed by atoms with Crippen molar-refractivity contribution in [3.05, 3.63) is 187 Å². The van der Waals surface area contributed by atoms with E-state index in [-0.39, 0.29) is 26.0 Å². The summed E-state index contributed by atoms with van der Waals surface area (Å²) in [6.07, 6.45) is 0.433. The third-order valence-electron chi connectivity index (χ3n) is 10.6. The molecule has 0 saturated heterocycles. The number of hydrogen-bond donors (Lipinski definition) is 0. The Labute approximate surface area is 369 Å². The molecule has 0 aliphatic carbocycles. The number of nitrogens with zero attached hydrogens (tertiary/aromatic N) is 4. The Morgan fingerprint density at radius 3 is 2.31 bits per heavy atom. The molecule has 10 aromatic rings. The first-order valence-corrected chi connectivity index (χ1v) is 27.8. The molecule has 4 nitrogen and oxygen atoms in total. The summed E-state index contributed by atoms with van der Waals surface area (Å²) in [5.41, 5.74) is 8.68. The van der Waals surface area contributed by atoms with Gasteiger partial charge in [0, 0.05) is 31.5 Å². The van der Waals surface area contributed by atoms with E-state index in [0.29, 0.717) is 0 Å². The van der Waals surface area contributed by atoms with Crippen molar-refractivity contribution in [2.75, 3.05) is 0 Å². The van der Waals surface area contributed by atoms with E-state index in [1.54, 1.807) is 11.3 Å². The molecule has 0 saturated carbocycles. The molecule has 0 spiro atoms. The van der Waals surface area contributed by atoms with Gasteiger partial charge in [-0.1, -0.05) is 59.5 Å². The molecule has 0 fully saturated rings. The van der Waals surface area contributed by atoms with Gasteiger partial charge < -0.3 is 4.57 Å². The summed E-state index contributed by atoms with van der Waals surface area (Å²) in [5.74, 6) is 7.52. The van der Waals surface area contributed by atoms with Crippen LogP contribution in [-0.4, -0.2) is 32.8 Å². The van der Waals surface area contributed by atoms with E-state index in [4.69, 9.17) is 12.7 Å². The first-order valence-electron chi connectivity index (χ1n) is 20.7. The summed E-state index contributed by atoms with van der Waals surface area (Å²) in [7, 11) is 0. The van der Waals surface area contributed by atoms with Gasteiger partial charge >= 0.3 is 157 Å². The van der Waals surface area contributed by atoms with E-state index in [0.717, 1.165) is 65.4 Å². The summed E-state index contributed by atoms with van der Waals surface area (Å²) in [4.78, 5) is 15.6. The number of hydrogen-bond acceptors (Lipinski definition) is 4. The SMILES string of the molecule is Cc1ccc2c(n1)sc1c(-c3nc4ccccc4n3-c3ccc4ccccc4c3)[c-]ccc12.[2H]C([2H])(c1cc(-c2[c-]cccc2)nc[c]1[Ge]([CH3])([CH3])[CH3])C(C)c1ccccc1.[Ir]. The molecule has 0 amide bonds. The van der Waals surface area contributed by atoms with Crippen LogP contribution < -0.4 is 4.40 Å². The van der Waals surface area contributed by atoms with Gasteiger partial charge in [-0.25, -0.2) is 4.98 Å². The van der Waals surface area contributed by atoms with E-state index in [9.17, 15) is 0 Å². The van der Waals surface area contributed by atoms with Crippen LogP contribution >= 0.6 is 11.3 Å². The summed E-state index contributed by atoms with van der Waals surface area (Å²) in [5, 5.41) is 4.83. The second-order valence-electron chi connectivity index (χ2n) is 15.7. The molecule has 0 bridgehead atoms. The molecule has 0 aliphatic rings. The Kier molecular flexibility index (Phi) is 11.1. The molecule has 7 heteroatoms. The van der Waals surface area contributed by atoms with Gasteiger partial charge in [0.15, 0.2) is 0 Å². The van der Waals surface area contributed by atoms with Crippen molar-refractivity contribution in [2.45, 2.75) is 43.4 Å². The third-order valence-corrected chi connectivity index (χ3v) is 15.9.